The number of nitrogens with zero attached hydrogens (tertiary/aromatic N) is 3. The minimum Gasteiger partial charge on any atom is -0.341 e. The van der Waals surface area contributed by atoms with Gasteiger partial charge >= 0.3 is 0 Å². The van der Waals surface area contributed by atoms with Crippen LogP contribution in [-0.2, 0) is 19.6 Å². The molecule has 0 aromatic heterocycles. The van der Waals surface area contributed by atoms with Crippen LogP contribution in [0.15, 0.2) is 28.0 Å². The molecule has 2 heterocycles. The molecule has 3 aliphatic rings. The molecule has 188 valence electrons. The van der Waals surface area contributed by atoms with Crippen molar-refractivity contribution >= 4 is 39.3 Å². The van der Waals surface area contributed by atoms with Gasteiger partial charge in [0, 0.05) is 42.7 Å². The summed E-state index contributed by atoms with van der Waals surface area (Å²) in [4.78, 5) is 30.8. The molecule has 4 rings (SSSR count). The summed E-state index contributed by atoms with van der Waals surface area (Å²) in [5, 5.41) is 0.0495. The first kappa shape index (κ1) is 25.5. The zero-order valence-corrected chi connectivity index (χ0v) is 22.2. The molecule has 0 N–H and O–H groups in total. The Morgan fingerprint density at radius 2 is 1.76 bits per heavy atom. The SMILES string of the molecule is CC1CCN(S(=O)(=O)c2ccc3c(c2)N(CC(=O)N(C)C2CCCCC2)C(=O)CC(C)S3)CC1. The van der Waals surface area contributed by atoms with E-state index in [2.05, 4.69) is 6.92 Å². The van der Waals surface area contributed by atoms with Gasteiger partial charge in [-0.25, -0.2) is 8.42 Å². The first-order valence-electron chi connectivity index (χ1n) is 12.5. The van der Waals surface area contributed by atoms with Gasteiger partial charge in [-0.3, -0.25) is 9.59 Å². The second-order valence-electron chi connectivity index (χ2n) is 10.1. The largest absolute Gasteiger partial charge is 0.341 e. The molecule has 1 aromatic carbocycles. The maximum absolute atomic E-state index is 13.4. The number of benzene rings is 1. The summed E-state index contributed by atoms with van der Waals surface area (Å²) in [6.07, 6.45) is 7.46. The molecule has 1 aliphatic carbocycles. The molecule has 0 bridgehead atoms. The molecule has 1 atom stereocenters. The molecule has 1 saturated carbocycles. The molecule has 2 fully saturated rings. The third kappa shape index (κ3) is 5.46. The summed E-state index contributed by atoms with van der Waals surface area (Å²) in [6, 6.07) is 5.27. The molecule has 34 heavy (non-hydrogen) atoms. The van der Waals surface area contributed by atoms with Gasteiger partial charge in [-0.05, 0) is 49.8 Å². The number of likely N-dealkylation sites (N-methyl/N-ethyl adjacent to an activating group) is 1. The summed E-state index contributed by atoms with van der Waals surface area (Å²) < 4.78 is 28.3. The molecule has 7 nitrogen and oxygen atoms in total. The van der Waals surface area contributed by atoms with Crippen LogP contribution in [0.3, 0.4) is 0 Å². The normalized spacial score (nSPS) is 23.4. The van der Waals surface area contributed by atoms with Crippen LogP contribution in [0, 0.1) is 5.92 Å². The van der Waals surface area contributed by atoms with Crippen LogP contribution >= 0.6 is 11.8 Å². The minimum absolute atomic E-state index is 0.0495. The van der Waals surface area contributed by atoms with Crippen molar-refractivity contribution in [3.63, 3.8) is 0 Å². The molecular weight excluding hydrogens is 470 g/mol. The Kier molecular flexibility index (Phi) is 7.94. The van der Waals surface area contributed by atoms with Gasteiger partial charge in [-0.15, -0.1) is 11.8 Å². The predicted octanol–water partition coefficient (Wildman–Crippen LogP) is 4.12. The lowest BCUT2D eigenvalue weighted by atomic mass is 9.94. The molecule has 1 aromatic rings. The Hall–Kier alpha value is -1.58. The van der Waals surface area contributed by atoms with Gasteiger partial charge in [0.25, 0.3) is 0 Å². The summed E-state index contributed by atoms with van der Waals surface area (Å²) >= 11 is 1.56. The van der Waals surface area contributed by atoms with Gasteiger partial charge in [-0.1, -0.05) is 33.1 Å². The van der Waals surface area contributed by atoms with Crippen LogP contribution in [0.1, 0.15) is 65.2 Å². The average molecular weight is 508 g/mol. The van der Waals surface area contributed by atoms with Gasteiger partial charge < -0.3 is 9.80 Å². The number of rotatable bonds is 5. The van der Waals surface area contributed by atoms with Gasteiger partial charge in [0.05, 0.1) is 10.6 Å². The second-order valence-corrected chi connectivity index (χ2v) is 13.5. The number of sulfonamides is 1. The van der Waals surface area contributed by atoms with Gasteiger partial charge in [-0.2, -0.15) is 4.31 Å². The monoisotopic (exact) mass is 507 g/mol. The van der Waals surface area contributed by atoms with Crippen LogP contribution in [0.25, 0.3) is 0 Å². The van der Waals surface area contributed by atoms with Crippen LogP contribution in [0.2, 0.25) is 0 Å². The van der Waals surface area contributed by atoms with E-state index < -0.39 is 10.0 Å². The molecule has 9 heteroatoms. The molecule has 2 amide bonds. The quantitative estimate of drug-likeness (QED) is 0.599. The van der Waals surface area contributed by atoms with Crippen LogP contribution in [0.4, 0.5) is 5.69 Å². The van der Waals surface area contributed by atoms with E-state index in [-0.39, 0.29) is 34.5 Å². The number of amides is 2. The highest BCUT2D eigenvalue weighted by atomic mass is 32.2. The minimum atomic E-state index is -3.66. The van der Waals surface area contributed by atoms with E-state index in [0.717, 1.165) is 43.4 Å². The smallest absolute Gasteiger partial charge is 0.243 e. The molecule has 1 unspecified atom stereocenters. The van der Waals surface area contributed by atoms with Crippen molar-refractivity contribution in [1.82, 2.24) is 9.21 Å². The lowest BCUT2D eigenvalue weighted by Gasteiger charge is -2.33. The lowest BCUT2D eigenvalue weighted by Crippen LogP contribution is -2.46. The third-order valence-corrected chi connectivity index (χ3v) is 10.6. The van der Waals surface area contributed by atoms with Gasteiger partial charge in [0.1, 0.15) is 6.54 Å². The number of fused-ring (bicyclic) bond motifs is 1. The number of piperidine rings is 1. The summed E-state index contributed by atoms with van der Waals surface area (Å²) in [5.41, 5.74) is 0.538. The fourth-order valence-electron chi connectivity index (χ4n) is 5.18. The van der Waals surface area contributed by atoms with Crippen LogP contribution < -0.4 is 4.90 Å². The lowest BCUT2D eigenvalue weighted by molar-refractivity contribution is -0.132. The molecule has 1 saturated heterocycles. The Labute approximate surface area is 208 Å². The van der Waals surface area contributed by atoms with Crippen molar-refractivity contribution in [3.8, 4) is 0 Å². The van der Waals surface area contributed by atoms with Crippen molar-refractivity contribution in [2.45, 2.75) is 86.3 Å². The van der Waals surface area contributed by atoms with Crippen molar-refractivity contribution in [3.05, 3.63) is 18.2 Å². The first-order chi connectivity index (χ1) is 16.2. The highest BCUT2D eigenvalue weighted by Gasteiger charge is 2.33. The van der Waals surface area contributed by atoms with Crippen molar-refractivity contribution < 1.29 is 18.0 Å². The van der Waals surface area contributed by atoms with E-state index in [1.165, 1.54) is 11.3 Å². The van der Waals surface area contributed by atoms with Crippen LogP contribution in [0.5, 0.6) is 0 Å². The van der Waals surface area contributed by atoms with E-state index >= 15 is 0 Å². The van der Waals surface area contributed by atoms with Crippen molar-refractivity contribution in [2.24, 2.45) is 5.92 Å². The summed E-state index contributed by atoms with van der Waals surface area (Å²) in [5.74, 6) is 0.297. The zero-order chi connectivity index (χ0) is 24.5. The Morgan fingerprint density at radius 1 is 1.09 bits per heavy atom. The summed E-state index contributed by atoms with van der Waals surface area (Å²) in [6.45, 7) is 5.11. The van der Waals surface area contributed by atoms with Crippen molar-refractivity contribution in [1.29, 1.82) is 0 Å². The maximum atomic E-state index is 13.4. The number of carbonyl (C=O) groups is 2. The fourth-order valence-corrected chi connectivity index (χ4v) is 7.77. The van der Waals surface area contributed by atoms with Gasteiger partial charge in [0.2, 0.25) is 21.8 Å². The Bertz CT molecular complexity index is 1010. The molecule has 0 spiro atoms. The van der Waals surface area contributed by atoms with E-state index in [1.54, 1.807) is 39.2 Å². The van der Waals surface area contributed by atoms with E-state index in [9.17, 15) is 18.0 Å². The number of carbonyl (C=O) groups excluding carboxylic acids is 2. The predicted molar refractivity (Wildman–Crippen MR) is 136 cm³/mol. The first-order valence-corrected chi connectivity index (χ1v) is 14.9. The molecule has 0 radical (unpaired) electrons. The van der Waals surface area contributed by atoms with Crippen LogP contribution in [-0.4, -0.2) is 67.4 Å². The zero-order valence-electron chi connectivity index (χ0n) is 20.5. The molecular formula is C25H37N3O4S2. The standard InChI is InChI=1S/C25H37N3O4S2/c1-18-11-13-27(14-12-18)34(31,32)21-9-10-23-22(16-21)28(24(29)15-19(2)33-23)17-25(30)26(3)20-7-5-4-6-8-20/h9-10,16,18-20H,4-8,11-15,17H2,1-3H3. The average Bonchev–Trinajstić information content (AvgIpc) is 2.94. The van der Waals surface area contributed by atoms with E-state index in [4.69, 9.17) is 0 Å². The number of anilines is 1. The third-order valence-electron chi connectivity index (χ3n) is 7.50. The number of thioether (sulfide) groups is 1. The van der Waals surface area contributed by atoms with E-state index in [1.807, 2.05) is 14.0 Å². The second kappa shape index (κ2) is 10.6. The fraction of sp³-hybridized carbons (Fsp3) is 0.680. The van der Waals surface area contributed by atoms with Crippen molar-refractivity contribution in [2.75, 3.05) is 31.6 Å². The Morgan fingerprint density at radius 3 is 2.44 bits per heavy atom. The highest BCUT2D eigenvalue weighted by Crippen LogP contribution is 2.40. The topological polar surface area (TPSA) is 78.0 Å². The number of hydrogen-bond donors (Lipinski definition) is 0. The van der Waals surface area contributed by atoms with E-state index in [0.29, 0.717) is 31.1 Å². The summed E-state index contributed by atoms with van der Waals surface area (Å²) in [7, 11) is -1.83. The highest BCUT2D eigenvalue weighted by molar-refractivity contribution is 8.00. The Balaban J connectivity index is 1.62. The maximum Gasteiger partial charge on any atom is 0.243 e. The number of hydrogen-bond acceptors (Lipinski definition) is 5. The van der Waals surface area contributed by atoms with Gasteiger partial charge in [0.15, 0.2) is 0 Å². The molecule has 2 aliphatic heterocycles.